The molecule has 22 heavy (non-hydrogen) atoms. The van der Waals surface area contributed by atoms with Gasteiger partial charge in [-0.1, -0.05) is 56.7 Å². The highest BCUT2D eigenvalue weighted by Gasteiger charge is 2.18. The van der Waals surface area contributed by atoms with Crippen LogP contribution in [-0.2, 0) is 4.79 Å². The van der Waals surface area contributed by atoms with Crippen molar-refractivity contribution in [3.05, 3.63) is 42.5 Å². The molecule has 0 radical (unpaired) electrons. The molecule has 2 rings (SSSR count). The number of carbonyl (C=O) groups excluding carboxylic acids is 1. The highest BCUT2D eigenvalue weighted by Crippen LogP contribution is 2.24. The van der Waals surface area contributed by atoms with E-state index in [-0.39, 0.29) is 11.8 Å². The number of hydrogen-bond donors (Lipinski definition) is 2. The Balaban J connectivity index is 1.85. The SMILES string of the molecule is CCC(C)C(N)C(=O)NCCOc1cccc2ccccc12. The van der Waals surface area contributed by atoms with Gasteiger partial charge >= 0.3 is 0 Å². The molecule has 0 heterocycles. The summed E-state index contributed by atoms with van der Waals surface area (Å²) in [6, 6.07) is 13.6. The summed E-state index contributed by atoms with van der Waals surface area (Å²) in [6.45, 7) is 4.89. The summed E-state index contributed by atoms with van der Waals surface area (Å²) >= 11 is 0. The van der Waals surface area contributed by atoms with Crippen LogP contribution >= 0.6 is 0 Å². The molecule has 2 atom stereocenters. The Morgan fingerprint density at radius 2 is 1.95 bits per heavy atom. The van der Waals surface area contributed by atoms with Crippen molar-refractivity contribution in [2.75, 3.05) is 13.2 Å². The molecule has 0 aliphatic carbocycles. The minimum absolute atomic E-state index is 0.115. The van der Waals surface area contributed by atoms with E-state index >= 15 is 0 Å². The van der Waals surface area contributed by atoms with E-state index in [1.165, 1.54) is 0 Å². The number of nitrogens with one attached hydrogen (secondary N) is 1. The summed E-state index contributed by atoms with van der Waals surface area (Å²) in [6.07, 6.45) is 0.890. The fraction of sp³-hybridized carbons (Fsp3) is 0.389. The fourth-order valence-electron chi connectivity index (χ4n) is 2.29. The highest BCUT2D eigenvalue weighted by molar-refractivity contribution is 5.88. The summed E-state index contributed by atoms with van der Waals surface area (Å²) in [5, 5.41) is 5.05. The van der Waals surface area contributed by atoms with Gasteiger partial charge in [-0.15, -0.1) is 0 Å². The molecule has 0 aliphatic heterocycles. The van der Waals surface area contributed by atoms with E-state index in [0.29, 0.717) is 13.2 Å². The van der Waals surface area contributed by atoms with E-state index in [1.54, 1.807) is 0 Å². The van der Waals surface area contributed by atoms with Crippen molar-refractivity contribution in [1.29, 1.82) is 0 Å². The zero-order valence-corrected chi connectivity index (χ0v) is 13.2. The van der Waals surface area contributed by atoms with Crippen molar-refractivity contribution >= 4 is 16.7 Å². The lowest BCUT2D eigenvalue weighted by Crippen LogP contribution is -2.45. The van der Waals surface area contributed by atoms with Gasteiger partial charge in [-0.3, -0.25) is 4.79 Å². The number of benzene rings is 2. The van der Waals surface area contributed by atoms with Crippen molar-refractivity contribution in [2.45, 2.75) is 26.3 Å². The van der Waals surface area contributed by atoms with Crippen LogP contribution in [0.1, 0.15) is 20.3 Å². The maximum atomic E-state index is 11.9. The average Bonchev–Trinajstić information content (AvgIpc) is 2.57. The van der Waals surface area contributed by atoms with E-state index in [9.17, 15) is 4.79 Å². The van der Waals surface area contributed by atoms with Crippen LogP contribution in [0.2, 0.25) is 0 Å². The Labute approximate surface area is 131 Å². The predicted molar refractivity (Wildman–Crippen MR) is 89.9 cm³/mol. The number of ether oxygens (including phenoxy) is 1. The molecule has 2 unspecified atom stereocenters. The largest absolute Gasteiger partial charge is 0.491 e. The molecule has 0 saturated carbocycles. The van der Waals surface area contributed by atoms with E-state index in [2.05, 4.69) is 17.4 Å². The molecule has 2 aromatic carbocycles. The number of rotatable bonds is 7. The summed E-state index contributed by atoms with van der Waals surface area (Å²) < 4.78 is 5.78. The molecule has 3 N–H and O–H groups in total. The van der Waals surface area contributed by atoms with Gasteiger partial charge in [0.15, 0.2) is 0 Å². The lowest BCUT2D eigenvalue weighted by atomic mass is 9.99. The summed E-state index contributed by atoms with van der Waals surface area (Å²) in [5.74, 6) is 0.897. The molecule has 2 aromatic rings. The first-order valence-electron chi connectivity index (χ1n) is 7.77. The maximum absolute atomic E-state index is 11.9. The lowest BCUT2D eigenvalue weighted by molar-refractivity contribution is -0.123. The van der Waals surface area contributed by atoms with Crippen LogP contribution < -0.4 is 15.8 Å². The number of carbonyl (C=O) groups is 1. The number of fused-ring (bicyclic) bond motifs is 1. The Morgan fingerprint density at radius 3 is 2.73 bits per heavy atom. The summed E-state index contributed by atoms with van der Waals surface area (Å²) in [5.41, 5.74) is 5.89. The van der Waals surface area contributed by atoms with Crippen molar-refractivity contribution < 1.29 is 9.53 Å². The minimum Gasteiger partial charge on any atom is -0.491 e. The van der Waals surface area contributed by atoms with Gasteiger partial charge in [0.2, 0.25) is 5.91 Å². The first-order valence-corrected chi connectivity index (χ1v) is 7.77. The molecular formula is C18H24N2O2. The Hall–Kier alpha value is -2.07. The van der Waals surface area contributed by atoms with Crippen molar-refractivity contribution in [3.8, 4) is 5.75 Å². The standard InChI is InChI=1S/C18H24N2O2/c1-3-13(2)17(19)18(21)20-11-12-22-16-10-6-8-14-7-4-5-9-15(14)16/h4-10,13,17H,3,11-12,19H2,1-2H3,(H,20,21). The van der Waals surface area contributed by atoms with Gasteiger partial charge in [0.1, 0.15) is 12.4 Å². The van der Waals surface area contributed by atoms with Crippen LogP contribution in [0, 0.1) is 5.92 Å². The van der Waals surface area contributed by atoms with Crippen molar-refractivity contribution in [3.63, 3.8) is 0 Å². The topological polar surface area (TPSA) is 64.4 Å². The Bertz CT molecular complexity index is 622. The minimum atomic E-state index is -0.456. The van der Waals surface area contributed by atoms with Crippen molar-refractivity contribution in [2.24, 2.45) is 11.7 Å². The second-order valence-corrected chi connectivity index (χ2v) is 5.53. The third-order valence-electron chi connectivity index (χ3n) is 3.97. The molecule has 118 valence electrons. The third-order valence-corrected chi connectivity index (χ3v) is 3.97. The van der Waals surface area contributed by atoms with E-state index in [1.807, 2.05) is 44.2 Å². The normalized spacial score (nSPS) is 13.6. The molecule has 0 fully saturated rings. The first kappa shape index (κ1) is 16.3. The van der Waals surface area contributed by atoms with Gasteiger partial charge in [0.25, 0.3) is 0 Å². The summed E-state index contributed by atoms with van der Waals surface area (Å²) in [7, 11) is 0. The van der Waals surface area contributed by atoms with Crippen LogP contribution in [0.4, 0.5) is 0 Å². The monoisotopic (exact) mass is 300 g/mol. The molecule has 0 bridgehead atoms. The molecule has 0 saturated heterocycles. The van der Waals surface area contributed by atoms with Crippen LogP contribution in [0.15, 0.2) is 42.5 Å². The van der Waals surface area contributed by atoms with Gasteiger partial charge in [0, 0.05) is 5.39 Å². The predicted octanol–water partition coefficient (Wildman–Crippen LogP) is 2.71. The van der Waals surface area contributed by atoms with Crippen LogP contribution in [0.3, 0.4) is 0 Å². The average molecular weight is 300 g/mol. The Morgan fingerprint density at radius 1 is 1.23 bits per heavy atom. The Kier molecular flexibility index (Phi) is 5.78. The van der Waals surface area contributed by atoms with Crippen LogP contribution in [0.25, 0.3) is 10.8 Å². The second kappa shape index (κ2) is 7.80. The van der Waals surface area contributed by atoms with Gasteiger partial charge in [0.05, 0.1) is 12.6 Å². The number of amides is 1. The van der Waals surface area contributed by atoms with Crippen LogP contribution in [-0.4, -0.2) is 25.1 Å². The maximum Gasteiger partial charge on any atom is 0.237 e. The van der Waals surface area contributed by atoms with Gasteiger partial charge in [-0.2, -0.15) is 0 Å². The molecule has 0 aliphatic rings. The number of hydrogen-bond acceptors (Lipinski definition) is 3. The first-order chi connectivity index (χ1) is 10.6. The van der Waals surface area contributed by atoms with Gasteiger partial charge in [-0.25, -0.2) is 0 Å². The fourth-order valence-corrected chi connectivity index (χ4v) is 2.29. The summed E-state index contributed by atoms with van der Waals surface area (Å²) in [4.78, 5) is 11.9. The van der Waals surface area contributed by atoms with E-state index in [0.717, 1.165) is 22.9 Å². The van der Waals surface area contributed by atoms with Crippen molar-refractivity contribution in [1.82, 2.24) is 5.32 Å². The molecule has 1 amide bonds. The number of nitrogens with two attached hydrogens (primary N) is 1. The third kappa shape index (κ3) is 3.98. The molecule has 0 aromatic heterocycles. The molecule has 4 heteroatoms. The smallest absolute Gasteiger partial charge is 0.237 e. The molecule has 0 spiro atoms. The van der Waals surface area contributed by atoms with Gasteiger partial charge in [-0.05, 0) is 17.4 Å². The van der Waals surface area contributed by atoms with E-state index < -0.39 is 6.04 Å². The van der Waals surface area contributed by atoms with E-state index in [4.69, 9.17) is 10.5 Å². The zero-order chi connectivity index (χ0) is 15.9. The van der Waals surface area contributed by atoms with Crippen LogP contribution in [0.5, 0.6) is 5.75 Å². The molecule has 4 nitrogen and oxygen atoms in total. The quantitative estimate of drug-likeness (QED) is 0.773. The molecular weight excluding hydrogens is 276 g/mol. The van der Waals surface area contributed by atoms with Gasteiger partial charge < -0.3 is 15.8 Å². The zero-order valence-electron chi connectivity index (χ0n) is 13.2. The highest BCUT2D eigenvalue weighted by atomic mass is 16.5. The second-order valence-electron chi connectivity index (χ2n) is 5.53. The lowest BCUT2D eigenvalue weighted by Gasteiger charge is -2.17.